The Hall–Kier alpha value is -2.47. The fourth-order valence-corrected chi connectivity index (χ4v) is 3.28. The second kappa shape index (κ2) is 12.3. The van der Waals surface area contributed by atoms with Crippen LogP contribution in [0.2, 0.25) is 0 Å². The van der Waals surface area contributed by atoms with Gasteiger partial charge in [-0.3, -0.25) is 4.79 Å². The number of carbonyl (C=O) groups is 1. The number of rotatable bonds is 10. The predicted octanol–water partition coefficient (Wildman–Crippen LogP) is 4.80. The van der Waals surface area contributed by atoms with E-state index in [1.807, 2.05) is 24.3 Å². The van der Waals surface area contributed by atoms with Gasteiger partial charge in [-0.05, 0) is 48.6 Å². The third-order valence-corrected chi connectivity index (χ3v) is 4.78. The number of nitrogens with zero attached hydrogens (tertiary/aromatic N) is 1. The largest absolute Gasteiger partial charge is 0.494 e. The molecule has 0 amide bonds. The third-order valence-electron chi connectivity index (χ3n) is 4.78. The maximum absolute atomic E-state index is 11.1. The Labute approximate surface area is 186 Å². The maximum Gasteiger partial charge on any atom is 0.302 e. The van der Waals surface area contributed by atoms with Crippen molar-refractivity contribution < 1.29 is 14.3 Å². The number of allylic oxidation sites excluding steroid dienone is 1. The van der Waals surface area contributed by atoms with Gasteiger partial charge in [0.2, 0.25) is 0 Å². The Kier molecular flexibility index (Phi) is 10.5. The lowest BCUT2D eigenvalue weighted by Gasteiger charge is -2.36. The summed E-state index contributed by atoms with van der Waals surface area (Å²) in [6, 6.07) is 7.99. The molecule has 166 valence electrons. The first-order chi connectivity index (χ1) is 13.9. The molecule has 0 saturated heterocycles. The van der Waals surface area contributed by atoms with Crippen LogP contribution in [0, 0.1) is 5.92 Å². The molecule has 1 aliphatic carbocycles. The van der Waals surface area contributed by atoms with Crippen molar-refractivity contribution in [3.8, 4) is 0 Å². The van der Waals surface area contributed by atoms with E-state index >= 15 is 0 Å². The van der Waals surface area contributed by atoms with Crippen molar-refractivity contribution in [2.75, 3.05) is 18.5 Å². The van der Waals surface area contributed by atoms with Crippen LogP contribution in [0.4, 0.5) is 5.69 Å². The molecule has 0 aliphatic heterocycles. The number of nitrogens with two attached hydrogens (primary N) is 1. The van der Waals surface area contributed by atoms with Gasteiger partial charge in [0, 0.05) is 19.0 Å². The summed E-state index contributed by atoms with van der Waals surface area (Å²) in [5.74, 6) is 6.27. The third kappa shape index (κ3) is 8.11. The second-order valence-electron chi connectivity index (χ2n) is 7.86. The number of ether oxygens (including phenoxy) is 2. The van der Waals surface area contributed by atoms with Crippen LogP contribution < -0.4 is 11.2 Å². The Bertz CT molecular complexity index is 772. The summed E-state index contributed by atoms with van der Waals surface area (Å²) in [4.78, 5) is 11.1. The zero-order chi connectivity index (χ0) is 21.3. The zero-order valence-electron chi connectivity index (χ0n) is 18.3. The molecule has 1 aromatic rings. The van der Waals surface area contributed by atoms with Crippen LogP contribution in [0.15, 0.2) is 52.9 Å². The van der Waals surface area contributed by atoms with Gasteiger partial charge in [-0.15, -0.1) is 12.4 Å². The lowest BCUT2D eigenvalue weighted by Crippen LogP contribution is -2.38. The first-order valence-electron chi connectivity index (χ1n) is 10.2. The van der Waals surface area contributed by atoms with Gasteiger partial charge >= 0.3 is 5.97 Å². The van der Waals surface area contributed by atoms with Crippen LogP contribution in [0.3, 0.4) is 0 Å². The first kappa shape index (κ1) is 25.6. The van der Waals surface area contributed by atoms with E-state index < -0.39 is 0 Å². The van der Waals surface area contributed by atoms with Crippen LogP contribution in [0.5, 0.6) is 0 Å². The summed E-state index contributed by atoms with van der Waals surface area (Å²) < 4.78 is 11.2. The zero-order valence-corrected chi connectivity index (χ0v) is 19.1. The summed E-state index contributed by atoms with van der Waals surface area (Å²) in [7, 11) is 0. The van der Waals surface area contributed by atoms with Crippen molar-refractivity contribution >= 4 is 30.3 Å². The number of carbonyl (C=O) groups excluding carboxylic acids is 1. The number of hydrazone groups is 1. The molecule has 0 aromatic heterocycles. The van der Waals surface area contributed by atoms with Crippen LogP contribution in [-0.4, -0.2) is 30.9 Å². The van der Waals surface area contributed by atoms with Gasteiger partial charge in [-0.2, -0.15) is 5.10 Å². The van der Waals surface area contributed by atoms with Gasteiger partial charge in [0.1, 0.15) is 5.76 Å². The van der Waals surface area contributed by atoms with Crippen molar-refractivity contribution in [1.82, 2.24) is 0 Å². The van der Waals surface area contributed by atoms with Crippen molar-refractivity contribution in [2.24, 2.45) is 16.9 Å². The standard InChI is InChI=1S/C23H33N3O3.ClH/c1-5-23(26-21-8-6-19(7-9-21)15-25-24)13-20(10-11-28-18(4)27)12-22(14-23)29-16-17(2)3;/h6-9,12,14-15,17,26H,5,10-11,13,16,24H2,1-4H3;1H. The highest BCUT2D eigenvalue weighted by atomic mass is 35.5. The van der Waals surface area contributed by atoms with Crippen molar-refractivity contribution in [3.05, 3.63) is 53.3 Å². The minimum Gasteiger partial charge on any atom is -0.494 e. The lowest BCUT2D eigenvalue weighted by molar-refractivity contribution is -0.140. The quantitative estimate of drug-likeness (QED) is 0.238. The molecule has 0 bridgehead atoms. The molecule has 0 radical (unpaired) electrons. The van der Waals surface area contributed by atoms with E-state index in [2.05, 4.69) is 43.3 Å². The minimum absolute atomic E-state index is 0. The number of hydrogen-bond donors (Lipinski definition) is 2. The predicted molar refractivity (Wildman–Crippen MR) is 125 cm³/mol. The lowest BCUT2D eigenvalue weighted by atomic mass is 9.82. The first-order valence-corrected chi connectivity index (χ1v) is 10.2. The van der Waals surface area contributed by atoms with Crippen LogP contribution in [0.1, 0.15) is 52.5 Å². The summed E-state index contributed by atoms with van der Waals surface area (Å²) in [5, 5.41) is 7.24. The summed E-state index contributed by atoms with van der Waals surface area (Å²) in [6.07, 6.45) is 8.29. The van der Waals surface area contributed by atoms with Crippen LogP contribution in [-0.2, 0) is 14.3 Å². The van der Waals surface area contributed by atoms with Gasteiger partial charge < -0.3 is 20.6 Å². The van der Waals surface area contributed by atoms with E-state index in [4.69, 9.17) is 15.3 Å². The monoisotopic (exact) mass is 435 g/mol. The highest BCUT2D eigenvalue weighted by Crippen LogP contribution is 2.34. The molecule has 30 heavy (non-hydrogen) atoms. The van der Waals surface area contributed by atoms with Gasteiger partial charge in [-0.25, -0.2) is 0 Å². The minimum atomic E-state index is -0.268. The van der Waals surface area contributed by atoms with E-state index in [-0.39, 0.29) is 23.9 Å². The van der Waals surface area contributed by atoms with E-state index in [1.54, 1.807) is 6.21 Å². The smallest absolute Gasteiger partial charge is 0.302 e. The molecule has 0 heterocycles. The van der Waals surface area contributed by atoms with E-state index in [9.17, 15) is 4.79 Å². The molecule has 1 unspecified atom stereocenters. The average molecular weight is 436 g/mol. The number of halogens is 1. The van der Waals surface area contributed by atoms with Gasteiger partial charge in [0.15, 0.2) is 0 Å². The van der Waals surface area contributed by atoms with Gasteiger partial charge in [0.05, 0.1) is 25.0 Å². The highest BCUT2D eigenvalue weighted by Gasteiger charge is 2.31. The fourth-order valence-electron chi connectivity index (χ4n) is 3.28. The molecule has 0 fully saturated rings. The van der Waals surface area contributed by atoms with Gasteiger partial charge in [-0.1, -0.05) is 38.5 Å². The molecule has 0 spiro atoms. The molecule has 6 nitrogen and oxygen atoms in total. The van der Waals surface area contributed by atoms with Crippen molar-refractivity contribution in [2.45, 2.75) is 52.5 Å². The average Bonchev–Trinajstić information content (AvgIpc) is 2.68. The van der Waals surface area contributed by atoms with E-state index in [0.29, 0.717) is 25.6 Å². The molecule has 3 N–H and O–H groups in total. The fraction of sp³-hybridized carbons (Fsp3) is 0.478. The Morgan fingerprint density at radius 2 is 2.03 bits per heavy atom. The molecular weight excluding hydrogens is 402 g/mol. The molecule has 1 atom stereocenters. The number of hydrogen-bond acceptors (Lipinski definition) is 6. The molecule has 1 aromatic carbocycles. The van der Waals surface area contributed by atoms with Gasteiger partial charge in [0.25, 0.3) is 0 Å². The molecule has 2 rings (SSSR count). The topological polar surface area (TPSA) is 85.9 Å². The number of nitrogens with one attached hydrogen (secondary N) is 1. The molecular formula is C23H34ClN3O3. The maximum atomic E-state index is 11.1. The van der Waals surface area contributed by atoms with E-state index in [1.165, 1.54) is 12.5 Å². The summed E-state index contributed by atoms with van der Waals surface area (Å²) in [6.45, 7) is 8.90. The SMILES string of the molecule is CCC1(Nc2ccc(C=NN)cc2)C=C(OCC(C)C)C=C(CCOC(C)=O)C1.Cl. The number of benzene rings is 1. The molecule has 0 saturated carbocycles. The van der Waals surface area contributed by atoms with Crippen molar-refractivity contribution in [1.29, 1.82) is 0 Å². The van der Waals surface area contributed by atoms with Crippen LogP contribution >= 0.6 is 12.4 Å². The Balaban J connectivity index is 0.00000450. The number of esters is 1. The highest BCUT2D eigenvalue weighted by molar-refractivity contribution is 5.85. The van der Waals surface area contributed by atoms with Crippen molar-refractivity contribution in [3.63, 3.8) is 0 Å². The molecule has 1 aliphatic rings. The Morgan fingerprint density at radius 1 is 1.33 bits per heavy atom. The summed E-state index contributed by atoms with van der Waals surface area (Å²) in [5.41, 5.74) is 2.90. The number of anilines is 1. The normalized spacial score (nSPS) is 18.4. The second-order valence-corrected chi connectivity index (χ2v) is 7.86. The van der Waals surface area contributed by atoms with E-state index in [0.717, 1.165) is 29.9 Å². The summed E-state index contributed by atoms with van der Waals surface area (Å²) >= 11 is 0. The Morgan fingerprint density at radius 3 is 2.60 bits per heavy atom. The van der Waals surface area contributed by atoms with Crippen LogP contribution in [0.25, 0.3) is 0 Å². The molecule has 7 heteroatoms.